The summed E-state index contributed by atoms with van der Waals surface area (Å²) in [5.74, 6) is 1.96. The summed E-state index contributed by atoms with van der Waals surface area (Å²) in [6.07, 6.45) is 0. The van der Waals surface area contributed by atoms with Crippen molar-refractivity contribution in [2.75, 3.05) is 0 Å². The average molecular weight is 678 g/mol. The van der Waals surface area contributed by atoms with Gasteiger partial charge < -0.3 is 8.80 Å². The maximum Gasteiger partial charge on any atom is 0.164 e. The van der Waals surface area contributed by atoms with Gasteiger partial charge in [-0.2, -0.15) is 0 Å². The number of fused-ring (bicyclic) bond motifs is 8. The first-order valence-electron chi connectivity index (χ1n) is 18.2. The van der Waals surface area contributed by atoms with Crippen molar-refractivity contribution in [1.82, 2.24) is 23.8 Å². The third-order valence-corrected chi connectivity index (χ3v) is 11.7. The minimum Gasteiger partial charge on any atom is -0.307 e. The molecule has 0 bridgehead atoms. The highest BCUT2D eigenvalue weighted by Crippen LogP contribution is 2.52. The van der Waals surface area contributed by atoms with Crippen molar-refractivity contribution in [3.63, 3.8) is 0 Å². The van der Waals surface area contributed by atoms with Crippen LogP contribution >= 0.6 is 0 Å². The molecule has 4 aromatic heterocycles. The third kappa shape index (κ3) is 3.68. The molecule has 0 fully saturated rings. The van der Waals surface area contributed by atoms with E-state index in [1.54, 1.807) is 0 Å². The second kappa shape index (κ2) is 10.1. The molecule has 0 radical (unpaired) electrons. The van der Waals surface area contributed by atoms with Gasteiger partial charge in [-0.25, -0.2) is 15.0 Å². The van der Waals surface area contributed by atoms with Gasteiger partial charge in [0.05, 0.1) is 33.1 Å². The largest absolute Gasteiger partial charge is 0.307 e. The van der Waals surface area contributed by atoms with Crippen LogP contribution in [0, 0.1) is 0 Å². The lowest BCUT2D eigenvalue weighted by molar-refractivity contribution is 0.663. The molecule has 5 nitrogen and oxygen atoms in total. The second-order valence-corrected chi connectivity index (χ2v) is 14.8. The summed E-state index contributed by atoms with van der Waals surface area (Å²) in [6, 6.07) is 54.3. The van der Waals surface area contributed by atoms with E-state index >= 15 is 0 Å². The highest BCUT2D eigenvalue weighted by atomic mass is 15.0. The molecule has 7 aromatic carbocycles. The van der Waals surface area contributed by atoms with Crippen molar-refractivity contribution in [3.8, 4) is 34.2 Å². The molecule has 5 heteroatoms. The zero-order valence-corrected chi connectivity index (χ0v) is 29.2. The summed E-state index contributed by atoms with van der Waals surface area (Å²) in [5, 5.41) is 7.48. The predicted octanol–water partition coefficient (Wildman–Crippen LogP) is 11.8. The molecule has 0 aliphatic heterocycles. The normalized spacial score (nSPS) is 13.6. The Morgan fingerprint density at radius 2 is 0.943 bits per heavy atom. The highest BCUT2D eigenvalue weighted by Gasteiger charge is 2.36. The first-order valence-corrected chi connectivity index (χ1v) is 18.2. The summed E-state index contributed by atoms with van der Waals surface area (Å²) >= 11 is 0. The Hall–Kier alpha value is -6.85. The lowest BCUT2D eigenvalue weighted by Gasteiger charge is -2.21. The van der Waals surface area contributed by atoms with E-state index in [4.69, 9.17) is 15.0 Å². The van der Waals surface area contributed by atoms with E-state index in [1.165, 1.54) is 49.2 Å². The van der Waals surface area contributed by atoms with Gasteiger partial charge in [-0.3, -0.25) is 0 Å². The molecule has 0 amide bonds. The molecule has 1 aliphatic rings. The van der Waals surface area contributed by atoms with Gasteiger partial charge in [0.1, 0.15) is 0 Å². The van der Waals surface area contributed by atoms with E-state index in [-0.39, 0.29) is 5.41 Å². The number of hydrogen-bond donors (Lipinski definition) is 0. The van der Waals surface area contributed by atoms with Crippen LogP contribution in [0.5, 0.6) is 0 Å². The standard InChI is InChI=1S/C48H31N5/c1-48(2)34-20-13-23-38-41(34)42-35(48)26-24-31-30-18-9-11-21-36(30)53(43(31)42)39-27-25-33(40-32-19-10-12-22-37(32)52(38)44(39)40)47-50-45(28-14-5-3-6-15-28)49-46(51-47)29-16-7-4-8-17-29/h3-27H,1-2H3. The molecule has 53 heavy (non-hydrogen) atoms. The zero-order valence-electron chi connectivity index (χ0n) is 29.2. The maximum absolute atomic E-state index is 5.24. The molecule has 0 atom stereocenters. The summed E-state index contributed by atoms with van der Waals surface area (Å²) in [7, 11) is 0. The topological polar surface area (TPSA) is 47.5 Å². The van der Waals surface area contributed by atoms with Gasteiger partial charge >= 0.3 is 0 Å². The Morgan fingerprint density at radius 3 is 1.66 bits per heavy atom. The smallest absolute Gasteiger partial charge is 0.164 e. The molecular formula is C48H31N5. The van der Waals surface area contributed by atoms with Crippen molar-refractivity contribution in [2.24, 2.45) is 0 Å². The molecule has 12 rings (SSSR count). The number of nitrogens with zero attached hydrogens (tertiary/aromatic N) is 5. The molecule has 0 saturated carbocycles. The SMILES string of the molecule is CC1(C)c2cccc3c2c2c1ccc1c4ccccc4n(c4ccc(-c5nc(-c6ccccc6)nc(-c6ccccc6)n5)c5c6ccccc6n3c54)c12. The van der Waals surface area contributed by atoms with E-state index in [2.05, 4.69) is 138 Å². The number of benzene rings is 7. The van der Waals surface area contributed by atoms with Crippen molar-refractivity contribution in [3.05, 3.63) is 163 Å². The molecule has 11 aromatic rings. The lowest BCUT2D eigenvalue weighted by Crippen LogP contribution is -2.15. The van der Waals surface area contributed by atoms with E-state index in [0.29, 0.717) is 17.5 Å². The van der Waals surface area contributed by atoms with Crippen molar-refractivity contribution in [1.29, 1.82) is 0 Å². The first-order chi connectivity index (χ1) is 26.1. The lowest BCUT2D eigenvalue weighted by atomic mass is 9.82. The van der Waals surface area contributed by atoms with Gasteiger partial charge in [0.15, 0.2) is 17.5 Å². The van der Waals surface area contributed by atoms with Gasteiger partial charge in [-0.1, -0.05) is 135 Å². The average Bonchev–Trinajstić information content (AvgIpc) is 3.81. The molecule has 0 spiro atoms. The van der Waals surface area contributed by atoms with Crippen molar-refractivity contribution < 1.29 is 0 Å². The molecule has 0 unspecified atom stereocenters. The van der Waals surface area contributed by atoms with E-state index in [9.17, 15) is 0 Å². The van der Waals surface area contributed by atoms with Crippen LogP contribution in [0.3, 0.4) is 0 Å². The first kappa shape index (κ1) is 28.8. The number of aromatic nitrogens is 5. The third-order valence-electron chi connectivity index (χ3n) is 11.7. The van der Waals surface area contributed by atoms with Crippen LogP contribution in [0.15, 0.2) is 152 Å². The van der Waals surface area contributed by atoms with E-state index in [0.717, 1.165) is 44.0 Å². The van der Waals surface area contributed by atoms with Crippen LogP contribution in [-0.4, -0.2) is 23.8 Å². The van der Waals surface area contributed by atoms with Crippen molar-refractivity contribution in [2.45, 2.75) is 19.3 Å². The maximum atomic E-state index is 5.24. The second-order valence-electron chi connectivity index (χ2n) is 14.8. The Balaban J connectivity index is 1.34. The zero-order chi connectivity index (χ0) is 35.0. The Kier molecular flexibility index (Phi) is 5.51. The Morgan fingerprint density at radius 1 is 0.377 bits per heavy atom. The summed E-state index contributed by atoms with van der Waals surface area (Å²) in [6.45, 7) is 4.75. The summed E-state index contributed by atoms with van der Waals surface area (Å²) in [5.41, 5.74) is 12.6. The minimum absolute atomic E-state index is 0.160. The molecule has 1 aliphatic carbocycles. The van der Waals surface area contributed by atoms with Crippen LogP contribution in [0.4, 0.5) is 0 Å². The molecule has 0 N–H and O–H groups in total. The van der Waals surface area contributed by atoms with Crippen LogP contribution in [0.1, 0.15) is 25.0 Å². The fourth-order valence-corrected chi connectivity index (χ4v) is 9.36. The number of hydrogen-bond acceptors (Lipinski definition) is 3. The van der Waals surface area contributed by atoms with Gasteiger partial charge in [0.25, 0.3) is 0 Å². The summed E-state index contributed by atoms with van der Waals surface area (Å²) in [4.78, 5) is 15.5. The van der Waals surface area contributed by atoms with Gasteiger partial charge in [-0.15, -0.1) is 0 Å². The van der Waals surface area contributed by atoms with Gasteiger partial charge in [0, 0.05) is 54.4 Å². The fraction of sp³-hybridized carbons (Fsp3) is 0.0625. The predicted molar refractivity (Wildman–Crippen MR) is 218 cm³/mol. The van der Waals surface area contributed by atoms with Crippen LogP contribution in [-0.2, 0) is 5.41 Å². The number of para-hydroxylation sites is 2. The number of rotatable bonds is 3. The molecular weight excluding hydrogens is 647 g/mol. The van der Waals surface area contributed by atoms with Crippen LogP contribution < -0.4 is 0 Å². The Labute approximate surface area is 304 Å². The van der Waals surface area contributed by atoms with Gasteiger partial charge in [0.2, 0.25) is 0 Å². The highest BCUT2D eigenvalue weighted by molar-refractivity contribution is 6.27. The molecule has 248 valence electrons. The molecule has 4 heterocycles. The van der Waals surface area contributed by atoms with Crippen molar-refractivity contribution >= 4 is 65.4 Å². The van der Waals surface area contributed by atoms with E-state index < -0.39 is 0 Å². The Bertz CT molecular complexity index is 3300. The van der Waals surface area contributed by atoms with Crippen LogP contribution in [0.2, 0.25) is 0 Å². The molecule has 0 saturated heterocycles. The van der Waals surface area contributed by atoms with E-state index in [1.807, 2.05) is 36.4 Å². The minimum atomic E-state index is -0.160. The van der Waals surface area contributed by atoms with Gasteiger partial charge in [-0.05, 0) is 41.5 Å². The fourth-order valence-electron chi connectivity index (χ4n) is 9.36. The summed E-state index contributed by atoms with van der Waals surface area (Å²) < 4.78 is 5.05. The van der Waals surface area contributed by atoms with Crippen LogP contribution in [0.25, 0.3) is 99.6 Å². The monoisotopic (exact) mass is 677 g/mol. The quantitative estimate of drug-likeness (QED) is 0.187.